The molecule has 1 aliphatic carbocycles. The van der Waals surface area contributed by atoms with Crippen molar-refractivity contribution >= 4 is 17.5 Å². The van der Waals surface area contributed by atoms with Crippen LogP contribution in [0.1, 0.15) is 54.1 Å². The molecule has 7 nitrogen and oxygen atoms in total. The first-order chi connectivity index (χ1) is 14.8. The third-order valence-corrected chi connectivity index (χ3v) is 5.98. The lowest BCUT2D eigenvalue weighted by Crippen LogP contribution is -2.55. The van der Waals surface area contributed by atoms with Crippen LogP contribution in [0.25, 0.3) is 0 Å². The molecule has 1 saturated heterocycles. The predicted octanol–water partition coefficient (Wildman–Crippen LogP) is 3.57. The van der Waals surface area contributed by atoms with Crippen molar-refractivity contribution in [1.82, 2.24) is 20.6 Å². The van der Waals surface area contributed by atoms with E-state index in [-0.39, 0.29) is 35.9 Å². The molecule has 2 heterocycles. The Morgan fingerprint density at radius 1 is 1.19 bits per heavy atom. The van der Waals surface area contributed by atoms with Crippen LogP contribution in [0.15, 0.2) is 36.7 Å². The van der Waals surface area contributed by atoms with E-state index in [1.165, 1.54) is 12.4 Å². The van der Waals surface area contributed by atoms with Crippen LogP contribution in [0.2, 0.25) is 0 Å². The van der Waals surface area contributed by atoms with Crippen LogP contribution in [-0.4, -0.2) is 27.8 Å². The Morgan fingerprint density at radius 3 is 2.68 bits per heavy atom. The molecule has 31 heavy (non-hydrogen) atoms. The van der Waals surface area contributed by atoms with Gasteiger partial charge in [0.15, 0.2) is 0 Å². The number of alkyl halides is 3. The molecule has 2 aromatic rings. The Kier molecular flexibility index (Phi) is 5.99. The average Bonchev–Trinajstić information content (AvgIpc) is 3.23. The Morgan fingerprint density at radius 2 is 1.94 bits per heavy atom. The van der Waals surface area contributed by atoms with E-state index in [1.807, 2.05) is 12.1 Å². The van der Waals surface area contributed by atoms with Gasteiger partial charge in [0.2, 0.25) is 5.91 Å². The molecule has 1 aromatic carbocycles. The molecule has 3 N–H and O–H groups in total. The fraction of sp³-hybridized carbons (Fsp3) is 0.476. The van der Waals surface area contributed by atoms with Crippen LogP contribution in [0.5, 0.6) is 0 Å². The minimum Gasteiger partial charge on any atom is -0.322 e. The summed E-state index contributed by atoms with van der Waals surface area (Å²) < 4.78 is 38.1. The fourth-order valence-corrected chi connectivity index (χ4v) is 4.38. The second-order valence-electron chi connectivity index (χ2n) is 8.10. The van der Waals surface area contributed by atoms with Crippen molar-refractivity contribution in [3.05, 3.63) is 47.8 Å². The van der Waals surface area contributed by atoms with Gasteiger partial charge in [0.1, 0.15) is 0 Å². The average molecular weight is 435 g/mol. The van der Waals surface area contributed by atoms with Crippen molar-refractivity contribution in [2.45, 2.75) is 50.9 Å². The lowest BCUT2D eigenvalue weighted by molar-refractivity contribution is -0.137. The highest BCUT2D eigenvalue weighted by atomic mass is 19.4. The summed E-state index contributed by atoms with van der Waals surface area (Å²) in [5.74, 6) is -0.124. The van der Waals surface area contributed by atoms with E-state index >= 15 is 0 Å². The third kappa shape index (κ3) is 5.07. The Labute approximate surface area is 177 Å². The van der Waals surface area contributed by atoms with Gasteiger partial charge < -0.3 is 5.32 Å². The normalized spacial score (nSPS) is 23.7. The van der Waals surface area contributed by atoms with Gasteiger partial charge in [0.25, 0.3) is 5.91 Å². The van der Waals surface area contributed by atoms with Crippen LogP contribution >= 0.6 is 0 Å². The van der Waals surface area contributed by atoms with Gasteiger partial charge in [-0.2, -0.15) is 18.3 Å². The van der Waals surface area contributed by atoms with E-state index in [4.69, 9.17) is 0 Å². The number of aryl methyl sites for hydroxylation is 1. The molecule has 4 rings (SSSR count). The maximum absolute atomic E-state index is 12.4. The van der Waals surface area contributed by atoms with Crippen LogP contribution in [0.3, 0.4) is 0 Å². The highest BCUT2D eigenvalue weighted by Crippen LogP contribution is 2.40. The molecule has 10 heteroatoms. The number of halogens is 3. The molecule has 3 atom stereocenters. The molecule has 1 saturated carbocycles. The number of fused-ring (bicyclic) bond motifs is 1. The SMILES string of the molecule is O=C(Nc1ccc(C2NNC(=O)C3CCCCC32)cc1)c1cnn(CCC(F)(F)F)c1. The molecule has 166 valence electrons. The van der Waals surface area contributed by atoms with Gasteiger partial charge in [-0.15, -0.1) is 0 Å². The monoisotopic (exact) mass is 435 g/mol. The maximum Gasteiger partial charge on any atom is 0.390 e. The van der Waals surface area contributed by atoms with Crippen LogP contribution in [0, 0.1) is 11.8 Å². The summed E-state index contributed by atoms with van der Waals surface area (Å²) in [5, 5.41) is 6.55. The van der Waals surface area contributed by atoms with Crippen molar-refractivity contribution < 1.29 is 22.8 Å². The van der Waals surface area contributed by atoms with E-state index in [0.29, 0.717) is 5.69 Å². The molecule has 0 spiro atoms. The molecule has 2 fully saturated rings. The molecule has 3 unspecified atom stereocenters. The summed E-state index contributed by atoms with van der Waals surface area (Å²) in [5.41, 5.74) is 7.68. The molecule has 1 aromatic heterocycles. The highest BCUT2D eigenvalue weighted by molar-refractivity contribution is 6.03. The second kappa shape index (κ2) is 8.70. The number of hydrogen-bond donors (Lipinski definition) is 3. The molecule has 0 bridgehead atoms. The number of benzene rings is 1. The molecular weight excluding hydrogens is 411 g/mol. The largest absolute Gasteiger partial charge is 0.390 e. The number of anilines is 1. The van der Waals surface area contributed by atoms with Crippen molar-refractivity contribution in [3.63, 3.8) is 0 Å². The van der Waals surface area contributed by atoms with E-state index in [2.05, 4.69) is 21.3 Å². The van der Waals surface area contributed by atoms with Crippen LogP contribution in [0.4, 0.5) is 18.9 Å². The summed E-state index contributed by atoms with van der Waals surface area (Å²) in [6.45, 7) is -0.335. The summed E-state index contributed by atoms with van der Waals surface area (Å²) in [7, 11) is 0. The zero-order chi connectivity index (χ0) is 22.0. The minimum absolute atomic E-state index is 0.0135. The number of nitrogens with one attached hydrogen (secondary N) is 3. The van der Waals surface area contributed by atoms with Gasteiger partial charge in [-0.3, -0.25) is 19.7 Å². The van der Waals surface area contributed by atoms with E-state index in [9.17, 15) is 22.8 Å². The minimum atomic E-state index is -4.27. The maximum atomic E-state index is 12.4. The number of aromatic nitrogens is 2. The lowest BCUT2D eigenvalue weighted by Gasteiger charge is -2.41. The summed E-state index contributed by atoms with van der Waals surface area (Å²) in [6.07, 6.45) is 1.34. The molecule has 2 aliphatic rings. The van der Waals surface area contributed by atoms with Crippen molar-refractivity contribution in [2.75, 3.05) is 5.32 Å². The first-order valence-corrected chi connectivity index (χ1v) is 10.4. The Balaban J connectivity index is 1.38. The van der Waals surface area contributed by atoms with Gasteiger partial charge >= 0.3 is 6.18 Å². The Bertz CT molecular complexity index is 941. The van der Waals surface area contributed by atoms with Gasteiger partial charge in [-0.1, -0.05) is 25.0 Å². The number of amides is 2. The number of hydrazine groups is 1. The second-order valence-corrected chi connectivity index (χ2v) is 8.10. The first kappa shape index (κ1) is 21.4. The number of rotatable bonds is 5. The number of carbonyl (C=O) groups excluding carboxylic acids is 2. The number of nitrogens with zero attached hydrogens (tertiary/aromatic N) is 2. The van der Waals surface area contributed by atoms with Gasteiger partial charge in [0, 0.05) is 24.3 Å². The number of carbonyl (C=O) groups is 2. The summed E-state index contributed by atoms with van der Waals surface area (Å²) >= 11 is 0. The van der Waals surface area contributed by atoms with E-state index < -0.39 is 18.5 Å². The number of hydrogen-bond acceptors (Lipinski definition) is 4. The van der Waals surface area contributed by atoms with Crippen molar-refractivity contribution in [3.8, 4) is 0 Å². The topological polar surface area (TPSA) is 88.1 Å². The summed E-state index contributed by atoms with van der Waals surface area (Å²) in [4.78, 5) is 24.5. The molecule has 0 radical (unpaired) electrons. The van der Waals surface area contributed by atoms with Crippen molar-refractivity contribution in [2.24, 2.45) is 11.8 Å². The quantitative estimate of drug-likeness (QED) is 0.670. The van der Waals surface area contributed by atoms with Crippen LogP contribution < -0.4 is 16.2 Å². The molecular formula is C21H24F3N5O2. The third-order valence-electron chi connectivity index (χ3n) is 5.98. The lowest BCUT2D eigenvalue weighted by atomic mass is 9.72. The van der Waals surface area contributed by atoms with Gasteiger partial charge in [-0.05, 0) is 36.5 Å². The van der Waals surface area contributed by atoms with Gasteiger partial charge in [0.05, 0.1) is 24.2 Å². The van der Waals surface area contributed by atoms with Crippen LogP contribution in [-0.2, 0) is 11.3 Å². The van der Waals surface area contributed by atoms with E-state index in [0.717, 1.165) is 35.9 Å². The zero-order valence-electron chi connectivity index (χ0n) is 16.8. The van der Waals surface area contributed by atoms with Gasteiger partial charge in [-0.25, -0.2) is 5.43 Å². The summed E-state index contributed by atoms with van der Waals surface area (Å²) in [6, 6.07) is 7.38. The Hall–Kier alpha value is -2.88. The molecule has 1 aliphatic heterocycles. The first-order valence-electron chi connectivity index (χ1n) is 10.4. The standard InChI is InChI=1S/C21H24F3N5O2/c22-21(23,24)9-10-29-12-14(11-25-29)19(30)26-15-7-5-13(6-8-15)18-16-3-1-2-4-17(16)20(31)28-27-18/h5-8,11-12,16-18,27H,1-4,9-10H2,(H,26,30)(H,28,31). The highest BCUT2D eigenvalue weighted by Gasteiger charge is 2.40. The van der Waals surface area contributed by atoms with Crippen molar-refractivity contribution in [1.29, 1.82) is 0 Å². The zero-order valence-corrected chi connectivity index (χ0v) is 16.8. The fourth-order valence-electron chi connectivity index (χ4n) is 4.38. The van der Waals surface area contributed by atoms with E-state index in [1.54, 1.807) is 12.1 Å². The predicted molar refractivity (Wildman–Crippen MR) is 107 cm³/mol. The molecule has 2 amide bonds. The smallest absolute Gasteiger partial charge is 0.322 e.